The van der Waals surface area contributed by atoms with Crippen molar-refractivity contribution in [3.05, 3.63) is 23.6 Å². The van der Waals surface area contributed by atoms with Crippen LogP contribution in [0.5, 0.6) is 0 Å². The molecule has 0 amide bonds. The highest BCUT2D eigenvalue weighted by molar-refractivity contribution is 6.28. The monoisotopic (exact) mass is 346 g/mol. The molecule has 0 bridgehead atoms. The number of halogens is 4. The quantitative estimate of drug-likeness (QED) is 0.799. The predicted molar refractivity (Wildman–Crippen MR) is 77.6 cm³/mol. The van der Waals surface area contributed by atoms with Gasteiger partial charge in [0.1, 0.15) is 12.0 Å². The number of alkyl halides is 3. The molecule has 124 valence electrons. The molecule has 23 heavy (non-hydrogen) atoms. The molecule has 0 radical (unpaired) electrons. The van der Waals surface area contributed by atoms with Gasteiger partial charge in [0.2, 0.25) is 5.28 Å². The van der Waals surface area contributed by atoms with Crippen molar-refractivity contribution in [3.8, 4) is 5.69 Å². The van der Waals surface area contributed by atoms with Crippen molar-refractivity contribution in [2.75, 3.05) is 11.4 Å². The Morgan fingerprint density at radius 2 is 2.09 bits per heavy atom. The summed E-state index contributed by atoms with van der Waals surface area (Å²) < 4.78 is 39.9. The van der Waals surface area contributed by atoms with Crippen LogP contribution < -0.4 is 4.90 Å². The first-order chi connectivity index (χ1) is 10.8. The molecule has 3 heterocycles. The Kier molecular flexibility index (Phi) is 3.70. The summed E-state index contributed by atoms with van der Waals surface area (Å²) in [6.07, 6.45) is -1.73. The van der Waals surface area contributed by atoms with Gasteiger partial charge in [-0.15, -0.1) is 10.2 Å². The van der Waals surface area contributed by atoms with E-state index in [0.29, 0.717) is 23.8 Å². The standard InChI is InChI=1S/C13H14ClF3N6/c1-3-12(2)10-21-19-7-22(10)8-6-18-11(14)20-9(8)23(12)5-4-13(15,16)17/h6-7H,3-5H2,1-2H3. The van der Waals surface area contributed by atoms with Crippen molar-refractivity contribution in [1.29, 1.82) is 0 Å². The third-order valence-electron chi connectivity index (χ3n) is 4.17. The van der Waals surface area contributed by atoms with E-state index in [1.165, 1.54) is 12.5 Å². The van der Waals surface area contributed by atoms with Crippen LogP contribution in [0, 0.1) is 0 Å². The van der Waals surface area contributed by atoms with Gasteiger partial charge in [-0.25, -0.2) is 4.98 Å². The van der Waals surface area contributed by atoms with Gasteiger partial charge in [0.25, 0.3) is 0 Å². The van der Waals surface area contributed by atoms with Gasteiger partial charge >= 0.3 is 6.18 Å². The maximum atomic E-state index is 12.7. The molecule has 1 aliphatic heterocycles. The van der Waals surface area contributed by atoms with Crippen LogP contribution in [0.1, 0.15) is 32.5 Å². The van der Waals surface area contributed by atoms with Crippen LogP contribution in [-0.2, 0) is 5.54 Å². The van der Waals surface area contributed by atoms with Gasteiger partial charge < -0.3 is 4.90 Å². The van der Waals surface area contributed by atoms with Gasteiger partial charge in [0.15, 0.2) is 11.6 Å². The molecule has 2 aromatic rings. The lowest BCUT2D eigenvalue weighted by Gasteiger charge is -2.44. The number of rotatable bonds is 3. The van der Waals surface area contributed by atoms with Crippen molar-refractivity contribution in [2.24, 2.45) is 0 Å². The van der Waals surface area contributed by atoms with Crippen molar-refractivity contribution in [1.82, 2.24) is 24.7 Å². The van der Waals surface area contributed by atoms with Crippen LogP contribution in [0.3, 0.4) is 0 Å². The van der Waals surface area contributed by atoms with E-state index in [-0.39, 0.29) is 11.8 Å². The minimum Gasteiger partial charge on any atom is -0.342 e. The number of hydrogen-bond acceptors (Lipinski definition) is 5. The molecule has 6 nitrogen and oxygen atoms in total. The summed E-state index contributed by atoms with van der Waals surface area (Å²) in [5.41, 5.74) is -0.255. The second-order valence-electron chi connectivity index (χ2n) is 5.52. The zero-order valence-corrected chi connectivity index (χ0v) is 13.2. The Bertz CT molecular complexity index is 731. The van der Waals surface area contributed by atoms with Crippen molar-refractivity contribution < 1.29 is 13.2 Å². The maximum Gasteiger partial charge on any atom is 0.390 e. The molecule has 0 N–H and O–H groups in total. The first-order valence-corrected chi connectivity index (χ1v) is 7.42. The molecule has 10 heteroatoms. The third-order valence-corrected chi connectivity index (χ3v) is 4.35. The predicted octanol–water partition coefficient (Wildman–Crippen LogP) is 3.11. The van der Waals surface area contributed by atoms with E-state index in [1.807, 2.05) is 13.8 Å². The third kappa shape index (κ3) is 2.62. The van der Waals surface area contributed by atoms with E-state index in [0.717, 1.165) is 0 Å². The Balaban J connectivity index is 2.14. The van der Waals surface area contributed by atoms with E-state index in [4.69, 9.17) is 11.6 Å². The summed E-state index contributed by atoms with van der Waals surface area (Å²) in [6, 6.07) is 0. The maximum absolute atomic E-state index is 12.7. The molecule has 0 saturated carbocycles. The Hall–Kier alpha value is -1.90. The topological polar surface area (TPSA) is 59.7 Å². The van der Waals surface area contributed by atoms with Crippen molar-refractivity contribution in [2.45, 2.75) is 38.4 Å². The largest absolute Gasteiger partial charge is 0.390 e. The first kappa shape index (κ1) is 16.0. The molecular formula is C13H14ClF3N6. The van der Waals surface area contributed by atoms with Crippen LogP contribution in [0.25, 0.3) is 5.69 Å². The van der Waals surface area contributed by atoms with E-state index >= 15 is 0 Å². The molecule has 1 aliphatic rings. The Morgan fingerprint density at radius 3 is 2.74 bits per heavy atom. The molecular weight excluding hydrogens is 333 g/mol. The SMILES string of the molecule is CCC1(C)c2nncn2-c2cnc(Cl)nc2N1CCC(F)(F)F. The highest BCUT2D eigenvalue weighted by atomic mass is 35.5. The van der Waals surface area contributed by atoms with Crippen LogP contribution in [0.15, 0.2) is 12.5 Å². The van der Waals surface area contributed by atoms with Crippen LogP contribution in [-0.4, -0.2) is 37.5 Å². The van der Waals surface area contributed by atoms with Crippen LogP contribution >= 0.6 is 11.6 Å². The van der Waals surface area contributed by atoms with E-state index < -0.39 is 18.1 Å². The van der Waals surface area contributed by atoms with E-state index in [9.17, 15) is 13.2 Å². The van der Waals surface area contributed by atoms with Gasteiger partial charge in [-0.3, -0.25) is 4.57 Å². The fraction of sp³-hybridized carbons (Fsp3) is 0.538. The smallest absolute Gasteiger partial charge is 0.342 e. The summed E-state index contributed by atoms with van der Waals surface area (Å²) >= 11 is 5.86. The highest BCUT2D eigenvalue weighted by Gasteiger charge is 2.44. The van der Waals surface area contributed by atoms with Crippen LogP contribution in [0.4, 0.5) is 19.0 Å². The van der Waals surface area contributed by atoms with Gasteiger partial charge in [-0.2, -0.15) is 18.2 Å². The average molecular weight is 347 g/mol. The van der Waals surface area contributed by atoms with E-state index in [1.54, 1.807) is 9.47 Å². The molecule has 0 aromatic carbocycles. The molecule has 2 aromatic heterocycles. The summed E-state index contributed by atoms with van der Waals surface area (Å²) in [7, 11) is 0. The summed E-state index contributed by atoms with van der Waals surface area (Å²) in [5, 5.41) is 7.97. The normalized spacial score (nSPS) is 20.3. The molecule has 1 unspecified atom stereocenters. The molecule has 0 saturated heterocycles. The lowest BCUT2D eigenvalue weighted by Crippen LogP contribution is -2.50. The lowest BCUT2D eigenvalue weighted by molar-refractivity contribution is -0.133. The Labute approximate surface area is 135 Å². The zero-order valence-electron chi connectivity index (χ0n) is 12.5. The fourth-order valence-electron chi connectivity index (χ4n) is 2.79. The summed E-state index contributed by atoms with van der Waals surface area (Å²) in [4.78, 5) is 9.66. The molecule has 0 aliphatic carbocycles. The molecule has 0 spiro atoms. The molecule has 1 atom stereocenters. The van der Waals surface area contributed by atoms with E-state index in [2.05, 4.69) is 20.2 Å². The second kappa shape index (κ2) is 5.33. The number of anilines is 1. The fourth-order valence-corrected chi connectivity index (χ4v) is 2.92. The first-order valence-electron chi connectivity index (χ1n) is 7.04. The lowest BCUT2D eigenvalue weighted by atomic mass is 9.92. The Morgan fingerprint density at radius 1 is 1.35 bits per heavy atom. The number of hydrogen-bond donors (Lipinski definition) is 0. The average Bonchev–Trinajstić information content (AvgIpc) is 2.96. The molecule has 0 fully saturated rings. The van der Waals surface area contributed by atoms with Crippen molar-refractivity contribution >= 4 is 17.4 Å². The summed E-state index contributed by atoms with van der Waals surface area (Å²) in [5.74, 6) is 0.909. The minimum atomic E-state index is -4.27. The van der Waals surface area contributed by atoms with Gasteiger partial charge in [-0.05, 0) is 24.9 Å². The number of fused-ring (bicyclic) bond motifs is 3. The van der Waals surface area contributed by atoms with Gasteiger partial charge in [-0.1, -0.05) is 6.92 Å². The van der Waals surface area contributed by atoms with Gasteiger partial charge in [0, 0.05) is 6.54 Å². The zero-order chi connectivity index (χ0) is 16.8. The van der Waals surface area contributed by atoms with Gasteiger partial charge in [0.05, 0.1) is 18.2 Å². The van der Waals surface area contributed by atoms with Crippen molar-refractivity contribution in [3.63, 3.8) is 0 Å². The number of nitrogens with zero attached hydrogens (tertiary/aromatic N) is 6. The number of aromatic nitrogens is 5. The molecule has 3 rings (SSSR count). The van der Waals surface area contributed by atoms with Crippen LogP contribution in [0.2, 0.25) is 5.28 Å². The summed E-state index contributed by atoms with van der Waals surface area (Å²) in [6.45, 7) is 3.46. The minimum absolute atomic E-state index is 0.0178. The highest BCUT2D eigenvalue weighted by Crippen LogP contribution is 2.42. The second-order valence-corrected chi connectivity index (χ2v) is 5.85.